The van der Waals surface area contributed by atoms with Crippen molar-refractivity contribution in [2.75, 3.05) is 6.54 Å². The number of nitrogens with two attached hydrogens (primary N) is 1. The smallest absolute Gasteiger partial charge is 0.244 e. The Balaban J connectivity index is 2.00. The van der Waals surface area contributed by atoms with Crippen LogP contribution in [0, 0.1) is 11.6 Å². The highest BCUT2D eigenvalue weighted by atomic mass is 19.2. The summed E-state index contributed by atoms with van der Waals surface area (Å²) in [6, 6.07) is 4.00. The molecule has 2 heterocycles. The zero-order valence-corrected chi connectivity index (χ0v) is 12.4. The number of halogens is 2. The quantitative estimate of drug-likeness (QED) is 0.932. The highest BCUT2D eigenvalue weighted by Gasteiger charge is 2.49. The molecule has 1 aromatic heterocycles. The lowest BCUT2D eigenvalue weighted by Crippen LogP contribution is -2.51. The van der Waals surface area contributed by atoms with Gasteiger partial charge in [-0.25, -0.2) is 8.78 Å². The third kappa shape index (κ3) is 2.57. The normalized spacial score (nSPS) is 21.5. The zero-order chi connectivity index (χ0) is 16.4. The molecule has 0 saturated carbocycles. The van der Waals surface area contributed by atoms with Crippen molar-refractivity contribution in [1.29, 1.82) is 0 Å². The van der Waals surface area contributed by atoms with Crippen LogP contribution in [0.2, 0.25) is 0 Å². The molecule has 0 unspecified atom stereocenters. The summed E-state index contributed by atoms with van der Waals surface area (Å²) in [5.41, 5.74) is 5.13. The Labute approximate surface area is 132 Å². The monoisotopic (exact) mass is 318 g/mol. The van der Waals surface area contributed by atoms with Gasteiger partial charge in [-0.2, -0.15) is 0 Å². The summed E-state index contributed by atoms with van der Waals surface area (Å²) in [6.45, 7) is 0.610. The molecular formula is C16H16F2N4O. The predicted molar refractivity (Wildman–Crippen MR) is 78.9 cm³/mol. The Bertz CT molecular complexity index is 725. The van der Waals surface area contributed by atoms with Gasteiger partial charge in [0.05, 0.1) is 11.9 Å². The van der Waals surface area contributed by atoms with Crippen LogP contribution in [-0.4, -0.2) is 27.3 Å². The molecular weight excluding hydrogens is 302 g/mol. The molecule has 0 radical (unpaired) electrons. The number of rotatable bonds is 4. The minimum atomic E-state index is -1.15. The van der Waals surface area contributed by atoms with Crippen LogP contribution in [0.3, 0.4) is 0 Å². The van der Waals surface area contributed by atoms with Crippen molar-refractivity contribution >= 4 is 5.91 Å². The second-order valence-corrected chi connectivity index (χ2v) is 5.55. The van der Waals surface area contributed by atoms with Gasteiger partial charge in [0.15, 0.2) is 11.6 Å². The van der Waals surface area contributed by atoms with E-state index in [9.17, 15) is 13.6 Å². The van der Waals surface area contributed by atoms with Crippen molar-refractivity contribution in [3.8, 4) is 0 Å². The van der Waals surface area contributed by atoms with Crippen LogP contribution < -0.4 is 5.73 Å². The van der Waals surface area contributed by atoms with E-state index >= 15 is 0 Å². The van der Waals surface area contributed by atoms with Gasteiger partial charge in [-0.1, -0.05) is 12.1 Å². The molecule has 1 aliphatic rings. The number of hydrogen-bond acceptors (Lipinski definition) is 4. The van der Waals surface area contributed by atoms with E-state index in [1.54, 1.807) is 4.90 Å². The van der Waals surface area contributed by atoms with E-state index in [2.05, 4.69) is 9.97 Å². The van der Waals surface area contributed by atoms with Crippen LogP contribution in [0.5, 0.6) is 0 Å². The van der Waals surface area contributed by atoms with E-state index in [1.165, 1.54) is 30.7 Å². The number of amides is 1. The fourth-order valence-electron chi connectivity index (χ4n) is 3.17. The maximum atomic E-state index is 14.0. The standard InChI is InChI=1S/C16H16F2N4O/c17-12-4-1-3-11(14(12)18)10-22-8-2-5-16(22,15(19)23)13-9-20-6-7-21-13/h1,3-4,6-7,9H,2,5,8,10H2,(H2,19,23)/t16-/m0/s1. The number of carbonyl (C=O) groups is 1. The minimum Gasteiger partial charge on any atom is -0.368 e. The molecule has 120 valence electrons. The second kappa shape index (κ2) is 6.00. The van der Waals surface area contributed by atoms with Crippen molar-refractivity contribution in [2.24, 2.45) is 5.73 Å². The average Bonchev–Trinajstić information content (AvgIpc) is 2.97. The largest absolute Gasteiger partial charge is 0.368 e. The van der Waals surface area contributed by atoms with Crippen LogP contribution in [0.15, 0.2) is 36.8 Å². The topological polar surface area (TPSA) is 72.1 Å². The second-order valence-electron chi connectivity index (χ2n) is 5.55. The van der Waals surface area contributed by atoms with Gasteiger partial charge < -0.3 is 5.73 Å². The molecule has 2 N–H and O–H groups in total. The lowest BCUT2D eigenvalue weighted by Gasteiger charge is -2.35. The predicted octanol–water partition coefficient (Wildman–Crippen LogP) is 1.73. The molecule has 1 aromatic carbocycles. The number of carbonyl (C=O) groups excluding carboxylic acids is 1. The van der Waals surface area contributed by atoms with E-state index in [-0.39, 0.29) is 12.1 Å². The summed E-state index contributed by atoms with van der Waals surface area (Å²) in [5.74, 6) is -2.38. The molecule has 23 heavy (non-hydrogen) atoms. The molecule has 1 saturated heterocycles. The summed E-state index contributed by atoms with van der Waals surface area (Å²) >= 11 is 0. The number of nitrogens with zero attached hydrogens (tertiary/aromatic N) is 3. The third-order valence-electron chi connectivity index (χ3n) is 4.29. The molecule has 3 rings (SSSR count). The van der Waals surface area contributed by atoms with Gasteiger partial charge in [0.25, 0.3) is 0 Å². The van der Waals surface area contributed by atoms with E-state index in [1.807, 2.05) is 0 Å². The Morgan fingerprint density at radius 1 is 1.35 bits per heavy atom. The summed E-state index contributed by atoms with van der Waals surface area (Å²) in [4.78, 5) is 22.2. The van der Waals surface area contributed by atoms with Crippen LogP contribution in [-0.2, 0) is 16.9 Å². The molecule has 0 bridgehead atoms. The number of primary amides is 1. The fraction of sp³-hybridized carbons (Fsp3) is 0.312. The van der Waals surface area contributed by atoms with Crippen LogP contribution in [0.4, 0.5) is 8.78 Å². The highest BCUT2D eigenvalue weighted by molar-refractivity contribution is 5.86. The fourth-order valence-corrected chi connectivity index (χ4v) is 3.17. The summed E-state index contributed by atoms with van der Waals surface area (Å²) < 4.78 is 27.4. The zero-order valence-electron chi connectivity index (χ0n) is 12.4. The number of hydrogen-bond donors (Lipinski definition) is 1. The van der Waals surface area contributed by atoms with Crippen molar-refractivity contribution in [3.05, 3.63) is 59.7 Å². The summed E-state index contributed by atoms with van der Waals surface area (Å²) in [7, 11) is 0. The van der Waals surface area contributed by atoms with Gasteiger partial charge in [-0.15, -0.1) is 0 Å². The van der Waals surface area contributed by atoms with Crippen molar-refractivity contribution in [2.45, 2.75) is 24.9 Å². The first-order valence-electron chi connectivity index (χ1n) is 7.30. The van der Waals surface area contributed by atoms with E-state index < -0.39 is 23.1 Å². The van der Waals surface area contributed by atoms with Gasteiger partial charge in [0.1, 0.15) is 5.54 Å². The number of benzene rings is 1. The van der Waals surface area contributed by atoms with Gasteiger partial charge in [0.2, 0.25) is 5.91 Å². The average molecular weight is 318 g/mol. The van der Waals surface area contributed by atoms with E-state index in [0.717, 1.165) is 6.07 Å². The van der Waals surface area contributed by atoms with Gasteiger partial charge in [-0.05, 0) is 25.5 Å². The number of likely N-dealkylation sites (tertiary alicyclic amines) is 1. The molecule has 7 heteroatoms. The minimum absolute atomic E-state index is 0.0725. The highest BCUT2D eigenvalue weighted by Crippen LogP contribution is 2.38. The lowest BCUT2D eigenvalue weighted by molar-refractivity contribution is -0.129. The SMILES string of the molecule is NC(=O)[C@@]1(c2cnccn2)CCCN1Cc1cccc(F)c1F. The molecule has 0 spiro atoms. The Kier molecular flexibility index (Phi) is 4.04. The van der Waals surface area contributed by atoms with E-state index in [4.69, 9.17) is 5.73 Å². The maximum absolute atomic E-state index is 14.0. The maximum Gasteiger partial charge on any atom is 0.244 e. The Morgan fingerprint density at radius 2 is 2.17 bits per heavy atom. The molecule has 0 aliphatic carbocycles. The molecule has 1 atom stereocenters. The van der Waals surface area contributed by atoms with Crippen molar-refractivity contribution < 1.29 is 13.6 Å². The van der Waals surface area contributed by atoms with Crippen molar-refractivity contribution in [3.63, 3.8) is 0 Å². The van der Waals surface area contributed by atoms with Crippen molar-refractivity contribution in [1.82, 2.24) is 14.9 Å². The summed E-state index contributed by atoms with van der Waals surface area (Å²) in [6.07, 6.45) is 5.66. The van der Waals surface area contributed by atoms with Gasteiger partial charge in [-0.3, -0.25) is 19.7 Å². The first-order chi connectivity index (χ1) is 11.1. The molecule has 1 fully saturated rings. The molecule has 1 aliphatic heterocycles. The molecule has 2 aromatic rings. The Hall–Kier alpha value is -2.41. The third-order valence-corrected chi connectivity index (χ3v) is 4.29. The van der Waals surface area contributed by atoms with Crippen LogP contribution in [0.1, 0.15) is 24.1 Å². The first-order valence-corrected chi connectivity index (χ1v) is 7.30. The Morgan fingerprint density at radius 3 is 2.87 bits per heavy atom. The van der Waals surface area contributed by atoms with Crippen LogP contribution in [0.25, 0.3) is 0 Å². The molecule has 1 amide bonds. The first kappa shape index (κ1) is 15.5. The summed E-state index contributed by atoms with van der Waals surface area (Å²) in [5, 5.41) is 0. The van der Waals surface area contributed by atoms with E-state index in [0.29, 0.717) is 25.1 Å². The van der Waals surface area contributed by atoms with Gasteiger partial charge >= 0.3 is 0 Å². The lowest BCUT2D eigenvalue weighted by atomic mass is 9.91. The van der Waals surface area contributed by atoms with Crippen LogP contribution >= 0.6 is 0 Å². The number of aromatic nitrogens is 2. The molecule has 5 nitrogen and oxygen atoms in total. The van der Waals surface area contributed by atoms with Gasteiger partial charge in [0, 0.05) is 24.5 Å².